The Morgan fingerprint density at radius 3 is 2.46 bits per heavy atom. The minimum Gasteiger partial charge on any atom is -0.497 e. The number of aromatic nitrogens is 3. The average molecular weight is 319 g/mol. The van der Waals surface area contributed by atoms with Gasteiger partial charge in [0.1, 0.15) is 28.7 Å². The summed E-state index contributed by atoms with van der Waals surface area (Å²) in [6.45, 7) is 1.77. The van der Waals surface area contributed by atoms with E-state index in [0.717, 1.165) is 5.69 Å². The molecule has 0 saturated carbocycles. The third-order valence-electron chi connectivity index (χ3n) is 4.07. The molecular weight excluding hydrogens is 306 g/mol. The minimum absolute atomic E-state index is 0.171. The van der Waals surface area contributed by atoms with Gasteiger partial charge < -0.3 is 4.74 Å². The molecule has 0 atom stereocenters. The Labute approximate surface area is 137 Å². The van der Waals surface area contributed by atoms with Crippen LogP contribution in [0.5, 0.6) is 5.75 Å². The van der Waals surface area contributed by atoms with Crippen LogP contribution in [0.1, 0.15) is 38.1 Å². The molecule has 0 saturated heterocycles. The van der Waals surface area contributed by atoms with Crippen molar-refractivity contribution >= 4 is 11.6 Å². The monoisotopic (exact) mass is 319 g/mol. The molecule has 0 amide bonds. The van der Waals surface area contributed by atoms with Crippen molar-refractivity contribution in [3.05, 3.63) is 71.1 Å². The van der Waals surface area contributed by atoms with Crippen LogP contribution < -0.4 is 4.74 Å². The summed E-state index contributed by atoms with van der Waals surface area (Å²) in [7, 11) is 1.59. The molecule has 1 aliphatic carbocycles. The number of benzene rings is 1. The number of carbonyl (C=O) groups excluding carboxylic acids is 2. The van der Waals surface area contributed by atoms with Crippen molar-refractivity contribution in [1.29, 1.82) is 0 Å². The van der Waals surface area contributed by atoms with Crippen molar-refractivity contribution in [3.63, 3.8) is 0 Å². The summed E-state index contributed by atoms with van der Waals surface area (Å²) in [5.74, 6) is 0.708. The molecule has 6 heteroatoms. The number of nitrogens with zero attached hydrogens (tertiary/aromatic N) is 3. The average Bonchev–Trinajstić information content (AvgIpc) is 2.97. The fraction of sp³-hybridized carbons (Fsp3) is 0.111. The van der Waals surface area contributed by atoms with Crippen LogP contribution in [0.3, 0.4) is 0 Å². The smallest absolute Gasteiger partial charge is 0.231 e. The molecule has 0 N–H and O–H groups in total. The Balaban J connectivity index is 1.95. The van der Waals surface area contributed by atoms with Crippen LogP contribution in [-0.2, 0) is 0 Å². The number of imidazole rings is 1. The maximum Gasteiger partial charge on any atom is 0.231 e. The Kier molecular flexibility index (Phi) is 3.06. The molecule has 6 nitrogen and oxygen atoms in total. The van der Waals surface area contributed by atoms with E-state index >= 15 is 0 Å². The lowest BCUT2D eigenvalue weighted by molar-refractivity contribution is 0.0969. The summed E-state index contributed by atoms with van der Waals surface area (Å²) in [5.41, 5.74) is 1.64. The molecular formula is C18H13N3O3. The van der Waals surface area contributed by atoms with E-state index in [1.165, 1.54) is 6.20 Å². The molecule has 2 aromatic heterocycles. The second-order valence-corrected chi connectivity index (χ2v) is 5.45. The molecule has 0 unspecified atom stereocenters. The van der Waals surface area contributed by atoms with E-state index in [1.54, 1.807) is 42.9 Å². The molecule has 0 spiro atoms. The molecule has 0 aliphatic heterocycles. The number of fused-ring (bicyclic) bond motifs is 2. The van der Waals surface area contributed by atoms with Gasteiger partial charge in [0, 0.05) is 11.9 Å². The highest BCUT2D eigenvalue weighted by molar-refractivity contribution is 6.26. The zero-order chi connectivity index (χ0) is 16.8. The van der Waals surface area contributed by atoms with Crippen LogP contribution in [0.15, 0.2) is 42.6 Å². The third-order valence-corrected chi connectivity index (χ3v) is 4.07. The molecule has 0 radical (unpaired) electrons. The lowest BCUT2D eigenvalue weighted by Crippen LogP contribution is -2.24. The number of hydrogen-bond donors (Lipinski definition) is 0. The number of ether oxygens (including phenoxy) is 1. The number of aryl methyl sites for hydroxylation is 1. The summed E-state index contributed by atoms with van der Waals surface area (Å²) in [6, 6.07) is 10.5. The third kappa shape index (κ3) is 1.89. The predicted octanol–water partition coefficient (Wildman–Crippen LogP) is 2.36. The molecule has 1 aliphatic rings. The van der Waals surface area contributed by atoms with Crippen LogP contribution in [0.25, 0.3) is 5.69 Å². The van der Waals surface area contributed by atoms with Crippen molar-refractivity contribution in [2.75, 3.05) is 7.11 Å². The van der Waals surface area contributed by atoms with E-state index in [-0.39, 0.29) is 28.6 Å². The molecule has 1 aromatic carbocycles. The maximum atomic E-state index is 12.9. The molecule has 118 valence electrons. The lowest BCUT2D eigenvalue weighted by Gasteiger charge is -2.15. The number of rotatable bonds is 2. The van der Waals surface area contributed by atoms with Gasteiger partial charge in [0.15, 0.2) is 0 Å². The van der Waals surface area contributed by atoms with Crippen molar-refractivity contribution in [1.82, 2.24) is 14.5 Å². The Morgan fingerprint density at radius 1 is 1.00 bits per heavy atom. The van der Waals surface area contributed by atoms with E-state index < -0.39 is 0 Å². The fourth-order valence-corrected chi connectivity index (χ4v) is 2.96. The van der Waals surface area contributed by atoms with E-state index in [4.69, 9.17) is 4.74 Å². The number of carbonyl (C=O) groups is 2. The van der Waals surface area contributed by atoms with E-state index in [9.17, 15) is 9.59 Å². The van der Waals surface area contributed by atoms with Crippen LogP contribution in [0.4, 0.5) is 0 Å². The van der Waals surface area contributed by atoms with Gasteiger partial charge in [-0.15, -0.1) is 0 Å². The van der Waals surface area contributed by atoms with Gasteiger partial charge in [0.2, 0.25) is 11.6 Å². The SMILES string of the molecule is COc1ccc(-n2c(C)nc3c2C(=O)c2ncccc2C3=O)cc1. The summed E-state index contributed by atoms with van der Waals surface area (Å²) < 4.78 is 6.85. The largest absolute Gasteiger partial charge is 0.497 e. The molecule has 24 heavy (non-hydrogen) atoms. The second-order valence-electron chi connectivity index (χ2n) is 5.45. The first-order chi connectivity index (χ1) is 11.6. The normalized spacial score (nSPS) is 12.8. The number of methoxy groups -OCH3 is 1. The lowest BCUT2D eigenvalue weighted by atomic mass is 9.94. The van der Waals surface area contributed by atoms with Crippen molar-refractivity contribution in [2.45, 2.75) is 6.92 Å². The van der Waals surface area contributed by atoms with Gasteiger partial charge in [-0.2, -0.15) is 0 Å². The molecule has 0 bridgehead atoms. The quantitative estimate of drug-likeness (QED) is 0.567. The van der Waals surface area contributed by atoms with Crippen molar-refractivity contribution < 1.29 is 14.3 Å². The van der Waals surface area contributed by atoms with E-state index in [0.29, 0.717) is 17.1 Å². The van der Waals surface area contributed by atoms with E-state index in [2.05, 4.69) is 9.97 Å². The summed E-state index contributed by atoms with van der Waals surface area (Å²) in [6.07, 6.45) is 1.51. The standard InChI is InChI=1S/C18H13N3O3/c1-10-20-15-16(21(10)11-5-7-12(24-2)8-6-11)18(23)14-13(17(15)22)4-3-9-19-14/h3-9H,1-2H3. The van der Waals surface area contributed by atoms with Gasteiger partial charge in [-0.1, -0.05) is 0 Å². The summed E-state index contributed by atoms with van der Waals surface area (Å²) in [5, 5.41) is 0. The van der Waals surface area contributed by atoms with Gasteiger partial charge in [-0.05, 0) is 43.3 Å². The van der Waals surface area contributed by atoms with Crippen molar-refractivity contribution in [3.8, 4) is 11.4 Å². The van der Waals surface area contributed by atoms with Gasteiger partial charge in [-0.3, -0.25) is 19.1 Å². The van der Waals surface area contributed by atoms with Crippen LogP contribution >= 0.6 is 0 Å². The Bertz CT molecular complexity index is 987. The highest BCUT2D eigenvalue weighted by atomic mass is 16.5. The number of pyridine rings is 1. The minimum atomic E-state index is -0.295. The van der Waals surface area contributed by atoms with Gasteiger partial charge in [0.05, 0.1) is 12.7 Å². The first kappa shape index (κ1) is 14.3. The second kappa shape index (κ2) is 5.13. The fourth-order valence-electron chi connectivity index (χ4n) is 2.96. The summed E-state index contributed by atoms with van der Waals surface area (Å²) >= 11 is 0. The van der Waals surface area contributed by atoms with Crippen LogP contribution in [-0.4, -0.2) is 33.2 Å². The maximum absolute atomic E-state index is 12.9. The molecule has 2 heterocycles. The molecule has 0 fully saturated rings. The van der Waals surface area contributed by atoms with Crippen LogP contribution in [0, 0.1) is 6.92 Å². The Hall–Kier alpha value is -3.28. The highest BCUT2D eigenvalue weighted by Crippen LogP contribution is 2.29. The molecule has 4 rings (SSSR count). The Morgan fingerprint density at radius 2 is 1.75 bits per heavy atom. The van der Waals surface area contributed by atoms with E-state index in [1.807, 2.05) is 12.1 Å². The number of ketones is 2. The van der Waals surface area contributed by atoms with Crippen LogP contribution in [0.2, 0.25) is 0 Å². The van der Waals surface area contributed by atoms with Gasteiger partial charge >= 0.3 is 0 Å². The summed E-state index contributed by atoms with van der Waals surface area (Å²) in [4.78, 5) is 34.0. The van der Waals surface area contributed by atoms with Gasteiger partial charge in [-0.25, -0.2) is 4.98 Å². The molecule has 3 aromatic rings. The predicted molar refractivity (Wildman–Crippen MR) is 86.0 cm³/mol. The van der Waals surface area contributed by atoms with Crippen molar-refractivity contribution in [2.24, 2.45) is 0 Å². The zero-order valence-corrected chi connectivity index (χ0v) is 13.1. The first-order valence-corrected chi connectivity index (χ1v) is 7.40. The van der Waals surface area contributed by atoms with Gasteiger partial charge in [0.25, 0.3) is 0 Å². The topological polar surface area (TPSA) is 74.1 Å². The number of hydrogen-bond acceptors (Lipinski definition) is 5. The zero-order valence-electron chi connectivity index (χ0n) is 13.1. The highest BCUT2D eigenvalue weighted by Gasteiger charge is 2.36. The first-order valence-electron chi connectivity index (χ1n) is 7.40.